The summed E-state index contributed by atoms with van der Waals surface area (Å²) in [5.41, 5.74) is 0.107. The van der Waals surface area contributed by atoms with Crippen LogP contribution in [0.4, 0.5) is 0 Å². The van der Waals surface area contributed by atoms with Crippen LogP contribution in [0.2, 0.25) is 0 Å². The van der Waals surface area contributed by atoms with Crippen molar-refractivity contribution in [2.45, 2.75) is 10.3 Å². The molecule has 1 aliphatic heterocycles. The molecule has 2 nitrogen and oxygen atoms in total. The highest BCUT2D eigenvalue weighted by atomic mass is 32.2. The Balaban J connectivity index is 2.28. The van der Waals surface area contributed by atoms with Crippen molar-refractivity contribution in [1.29, 1.82) is 0 Å². The predicted octanol–water partition coefficient (Wildman–Crippen LogP) is 3.06. The van der Waals surface area contributed by atoms with Gasteiger partial charge < -0.3 is 4.74 Å². The van der Waals surface area contributed by atoms with E-state index < -0.39 is 5.44 Å². The summed E-state index contributed by atoms with van der Waals surface area (Å²) in [5, 5.41) is 1.95. The van der Waals surface area contributed by atoms with Crippen LogP contribution in [0.1, 0.15) is 10.4 Å². The third-order valence-corrected chi connectivity index (χ3v) is 3.72. The van der Waals surface area contributed by atoms with Crippen molar-refractivity contribution in [3.8, 4) is 12.3 Å². The van der Waals surface area contributed by atoms with Crippen LogP contribution < -0.4 is 0 Å². The molecule has 0 amide bonds. The van der Waals surface area contributed by atoms with Crippen LogP contribution >= 0.6 is 11.8 Å². The fourth-order valence-corrected chi connectivity index (χ4v) is 2.82. The van der Waals surface area contributed by atoms with Gasteiger partial charge in [0.2, 0.25) is 5.44 Å². The van der Waals surface area contributed by atoms with E-state index in [-0.39, 0.29) is 5.97 Å². The molecule has 0 radical (unpaired) electrons. The van der Waals surface area contributed by atoms with Crippen molar-refractivity contribution < 1.29 is 9.53 Å². The summed E-state index contributed by atoms with van der Waals surface area (Å²) in [6.07, 6.45) is 5.29. The third-order valence-electron chi connectivity index (χ3n) is 2.68. The molecule has 0 spiro atoms. The second-order valence-electron chi connectivity index (χ2n) is 3.68. The van der Waals surface area contributed by atoms with Gasteiger partial charge in [-0.25, -0.2) is 4.79 Å². The molecule has 17 heavy (non-hydrogen) atoms. The molecule has 0 bridgehead atoms. The summed E-state index contributed by atoms with van der Waals surface area (Å²) < 4.78 is 5.16. The fraction of sp³-hybridized carbons (Fsp3) is 0.0714. The minimum atomic E-state index is -0.517. The molecule has 0 saturated heterocycles. The lowest BCUT2D eigenvalue weighted by Gasteiger charge is -2.21. The Morgan fingerprint density at radius 1 is 1.24 bits per heavy atom. The van der Waals surface area contributed by atoms with Crippen molar-refractivity contribution in [3.05, 3.63) is 42.0 Å². The number of hydrogen-bond acceptors (Lipinski definition) is 3. The van der Waals surface area contributed by atoms with Gasteiger partial charge in [-0.15, -0.1) is 6.42 Å². The SMILES string of the molecule is C#CC1OC(=O)c2c(ccc3ccccc23)S1. The average molecular weight is 240 g/mol. The highest BCUT2D eigenvalue weighted by molar-refractivity contribution is 8.00. The number of hydrogen-bond donors (Lipinski definition) is 0. The van der Waals surface area contributed by atoms with Crippen LogP contribution in [0.25, 0.3) is 10.8 Å². The Bertz CT molecular complexity index is 655. The molecule has 0 aliphatic carbocycles. The summed E-state index contributed by atoms with van der Waals surface area (Å²) in [7, 11) is 0. The fourth-order valence-electron chi connectivity index (χ4n) is 1.92. The average Bonchev–Trinajstić information content (AvgIpc) is 2.37. The van der Waals surface area contributed by atoms with Gasteiger partial charge in [-0.1, -0.05) is 48.0 Å². The molecule has 1 unspecified atom stereocenters. The zero-order valence-corrected chi connectivity index (χ0v) is 9.66. The maximum absolute atomic E-state index is 11.9. The number of fused-ring (bicyclic) bond motifs is 3. The van der Waals surface area contributed by atoms with E-state index in [2.05, 4.69) is 5.92 Å². The van der Waals surface area contributed by atoms with Gasteiger partial charge in [-0.2, -0.15) is 0 Å². The van der Waals surface area contributed by atoms with Crippen molar-refractivity contribution >= 4 is 28.5 Å². The minimum absolute atomic E-state index is 0.335. The second kappa shape index (κ2) is 3.83. The minimum Gasteiger partial charge on any atom is -0.435 e. The Kier molecular flexibility index (Phi) is 2.31. The van der Waals surface area contributed by atoms with Gasteiger partial charge in [-0.05, 0) is 16.8 Å². The maximum Gasteiger partial charge on any atom is 0.341 e. The van der Waals surface area contributed by atoms with E-state index in [4.69, 9.17) is 11.2 Å². The van der Waals surface area contributed by atoms with E-state index >= 15 is 0 Å². The maximum atomic E-state index is 11.9. The first-order valence-corrected chi connectivity index (χ1v) is 6.03. The number of cyclic esters (lactones) is 1. The van der Waals surface area contributed by atoms with Crippen molar-refractivity contribution in [1.82, 2.24) is 0 Å². The smallest absolute Gasteiger partial charge is 0.341 e. The van der Waals surface area contributed by atoms with Crippen LogP contribution in [-0.4, -0.2) is 11.4 Å². The lowest BCUT2D eigenvalue weighted by Crippen LogP contribution is -2.19. The molecule has 2 aromatic carbocycles. The number of thioether (sulfide) groups is 1. The normalized spacial score (nSPS) is 18.3. The van der Waals surface area contributed by atoms with Gasteiger partial charge in [0, 0.05) is 4.90 Å². The van der Waals surface area contributed by atoms with E-state index in [1.54, 1.807) is 0 Å². The molecule has 0 aromatic heterocycles. The topological polar surface area (TPSA) is 26.3 Å². The van der Waals surface area contributed by atoms with Gasteiger partial charge in [-0.3, -0.25) is 0 Å². The van der Waals surface area contributed by atoms with Crippen molar-refractivity contribution in [2.24, 2.45) is 0 Å². The summed E-state index contributed by atoms with van der Waals surface area (Å²) in [6, 6.07) is 11.7. The number of ether oxygens (including phenoxy) is 1. The number of benzene rings is 2. The molecule has 0 N–H and O–H groups in total. The molecule has 82 valence electrons. The number of rotatable bonds is 0. The number of esters is 1. The molecule has 1 atom stereocenters. The van der Waals surface area contributed by atoms with Gasteiger partial charge >= 0.3 is 5.97 Å². The Labute approximate surface area is 103 Å². The van der Waals surface area contributed by atoms with Gasteiger partial charge in [0.25, 0.3) is 0 Å². The van der Waals surface area contributed by atoms with Gasteiger partial charge in [0.15, 0.2) is 0 Å². The lowest BCUT2D eigenvalue weighted by molar-refractivity contribution is 0.0508. The monoisotopic (exact) mass is 240 g/mol. The van der Waals surface area contributed by atoms with E-state index in [0.29, 0.717) is 5.56 Å². The van der Waals surface area contributed by atoms with Crippen LogP contribution in [0.15, 0.2) is 41.3 Å². The molecule has 1 aliphatic rings. The molecular formula is C14H8O2S. The second-order valence-corrected chi connectivity index (χ2v) is 4.79. The van der Waals surface area contributed by atoms with Crippen LogP contribution in [0, 0.1) is 12.3 Å². The van der Waals surface area contributed by atoms with Crippen molar-refractivity contribution in [2.75, 3.05) is 0 Å². The summed E-state index contributed by atoms with van der Waals surface area (Å²) in [5.74, 6) is 2.11. The molecule has 3 heteroatoms. The number of carbonyl (C=O) groups is 1. The standard InChI is InChI=1S/C14H8O2S/c1-2-12-16-14(15)13-10-6-4-3-5-9(10)7-8-11(13)17-12/h1,3-8,12H. The van der Waals surface area contributed by atoms with Crippen LogP contribution in [0.5, 0.6) is 0 Å². The molecule has 1 heterocycles. The molecular weight excluding hydrogens is 232 g/mol. The first-order valence-electron chi connectivity index (χ1n) is 5.15. The summed E-state index contributed by atoms with van der Waals surface area (Å²) in [6.45, 7) is 0. The highest BCUT2D eigenvalue weighted by Gasteiger charge is 2.27. The van der Waals surface area contributed by atoms with Crippen LogP contribution in [0.3, 0.4) is 0 Å². The van der Waals surface area contributed by atoms with E-state index in [1.807, 2.05) is 36.4 Å². The quantitative estimate of drug-likeness (QED) is 0.523. The molecule has 0 saturated carbocycles. The largest absolute Gasteiger partial charge is 0.435 e. The molecule has 2 aromatic rings. The van der Waals surface area contributed by atoms with Crippen LogP contribution in [-0.2, 0) is 4.74 Å². The first kappa shape index (κ1) is 10.2. The van der Waals surface area contributed by atoms with E-state index in [9.17, 15) is 4.79 Å². The summed E-state index contributed by atoms with van der Waals surface area (Å²) in [4.78, 5) is 12.8. The Morgan fingerprint density at radius 2 is 2.06 bits per heavy atom. The molecule has 0 fully saturated rings. The summed E-state index contributed by atoms with van der Waals surface area (Å²) >= 11 is 1.40. The van der Waals surface area contributed by atoms with Gasteiger partial charge in [0.1, 0.15) is 0 Å². The first-order chi connectivity index (χ1) is 8.29. The van der Waals surface area contributed by atoms with E-state index in [1.165, 1.54) is 11.8 Å². The number of terminal acetylenes is 1. The zero-order chi connectivity index (χ0) is 11.8. The Hall–Kier alpha value is -1.92. The highest BCUT2D eigenvalue weighted by Crippen LogP contribution is 2.37. The molecule has 3 rings (SSSR count). The third kappa shape index (κ3) is 1.58. The zero-order valence-electron chi connectivity index (χ0n) is 8.84. The van der Waals surface area contributed by atoms with E-state index in [0.717, 1.165) is 15.7 Å². The predicted molar refractivity (Wildman–Crippen MR) is 67.8 cm³/mol. The lowest BCUT2D eigenvalue weighted by atomic mass is 10.0. The number of carbonyl (C=O) groups excluding carboxylic acids is 1. The van der Waals surface area contributed by atoms with Gasteiger partial charge in [0.05, 0.1) is 5.56 Å². The Morgan fingerprint density at radius 3 is 2.88 bits per heavy atom. The van der Waals surface area contributed by atoms with Crippen molar-refractivity contribution in [3.63, 3.8) is 0 Å².